The van der Waals surface area contributed by atoms with Gasteiger partial charge in [-0.1, -0.05) is 6.92 Å². The highest BCUT2D eigenvalue weighted by Gasteiger charge is 2.61. The molecule has 28 heavy (non-hydrogen) atoms. The minimum Gasteiger partial charge on any atom is -0.355 e. The van der Waals surface area contributed by atoms with E-state index >= 15 is 0 Å². The third-order valence-electron chi connectivity index (χ3n) is 6.90. The van der Waals surface area contributed by atoms with Gasteiger partial charge in [0.05, 0.1) is 18.8 Å². The second-order valence-electron chi connectivity index (χ2n) is 9.30. The number of urea groups is 1. The van der Waals surface area contributed by atoms with Gasteiger partial charge in [0.1, 0.15) is 0 Å². The Hall–Kier alpha value is -1.96. The number of hydrogen-bond donors (Lipinski definition) is 1. The number of imide groups is 2. The molecule has 5 amide bonds. The molecule has 0 aromatic carbocycles. The van der Waals surface area contributed by atoms with Crippen LogP contribution in [0.25, 0.3) is 0 Å². The summed E-state index contributed by atoms with van der Waals surface area (Å²) in [7, 11) is 1.67. The second kappa shape index (κ2) is 7.13. The van der Waals surface area contributed by atoms with E-state index < -0.39 is 23.4 Å². The first-order chi connectivity index (χ1) is 13.3. The normalized spacial score (nSPS) is 34.1. The van der Waals surface area contributed by atoms with Crippen molar-refractivity contribution in [3.63, 3.8) is 0 Å². The quantitative estimate of drug-likeness (QED) is 0.520. The van der Waals surface area contributed by atoms with Gasteiger partial charge in [0, 0.05) is 6.54 Å². The highest BCUT2D eigenvalue weighted by atomic mass is 16.2. The molecule has 5 fully saturated rings. The predicted molar refractivity (Wildman–Crippen MR) is 101 cm³/mol. The van der Waals surface area contributed by atoms with Gasteiger partial charge in [0.25, 0.3) is 0 Å². The molecule has 5 rings (SSSR count). The molecule has 8 heteroatoms. The van der Waals surface area contributed by atoms with Crippen molar-refractivity contribution in [3.8, 4) is 0 Å². The molecule has 0 unspecified atom stereocenters. The second-order valence-corrected chi connectivity index (χ2v) is 9.30. The fraction of sp³-hybridized carbons (Fsp3) is 0.800. The lowest BCUT2D eigenvalue weighted by Gasteiger charge is -2.58. The van der Waals surface area contributed by atoms with Crippen molar-refractivity contribution >= 4 is 23.8 Å². The molecular formula is C20H30N4O4. The summed E-state index contributed by atoms with van der Waals surface area (Å²) in [5.41, 5.74) is -0.468. The zero-order valence-corrected chi connectivity index (χ0v) is 16.8. The number of carbonyl (C=O) groups excluding carboxylic acids is 4. The van der Waals surface area contributed by atoms with Gasteiger partial charge in [-0.05, 0) is 69.7 Å². The summed E-state index contributed by atoms with van der Waals surface area (Å²) in [5.74, 6) is 0.105. The Labute approximate surface area is 165 Å². The molecule has 1 heterocycles. The van der Waals surface area contributed by atoms with Crippen molar-refractivity contribution in [1.29, 1.82) is 0 Å². The van der Waals surface area contributed by atoms with Crippen LogP contribution in [-0.2, 0) is 14.4 Å². The molecule has 0 aromatic rings. The first-order valence-electron chi connectivity index (χ1n) is 10.5. The maximum absolute atomic E-state index is 13.1. The van der Waals surface area contributed by atoms with Crippen LogP contribution in [-0.4, -0.2) is 70.8 Å². The van der Waals surface area contributed by atoms with Gasteiger partial charge in [-0.2, -0.15) is 0 Å². The third kappa shape index (κ3) is 3.21. The van der Waals surface area contributed by atoms with E-state index in [1.165, 1.54) is 24.2 Å². The van der Waals surface area contributed by atoms with Crippen LogP contribution in [0.2, 0.25) is 0 Å². The fourth-order valence-electron chi connectivity index (χ4n) is 6.24. The average molecular weight is 390 g/mol. The molecule has 4 aliphatic carbocycles. The lowest BCUT2D eigenvalue weighted by atomic mass is 9.52. The van der Waals surface area contributed by atoms with E-state index in [0.29, 0.717) is 24.3 Å². The third-order valence-corrected chi connectivity index (χ3v) is 6.90. The SMILES string of the molecule is CCCNC(=O)CN(C)CN1C(=O)C(=O)N(C23CC4CC(CC(C4)C2)C3)C1=O. The van der Waals surface area contributed by atoms with Gasteiger partial charge in [0.2, 0.25) is 5.91 Å². The van der Waals surface area contributed by atoms with Crippen LogP contribution in [0, 0.1) is 17.8 Å². The van der Waals surface area contributed by atoms with Crippen LogP contribution in [0.4, 0.5) is 4.79 Å². The van der Waals surface area contributed by atoms with Gasteiger partial charge in [0.15, 0.2) is 0 Å². The fourth-order valence-corrected chi connectivity index (χ4v) is 6.24. The van der Waals surface area contributed by atoms with Crippen molar-refractivity contribution in [3.05, 3.63) is 0 Å². The van der Waals surface area contributed by atoms with Crippen LogP contribution in [0.3, 0.4) is 0 Å². The molecule has 0 radical (unpaired) electrons. The van der Waals surface area contributed by atoms with Gasteiger partial charge < -0.3 is 5.32 Å². The van der Waals surface area contributed by atoms with Crippen molar-refractivity contribution in [2.45, 2.75) is 57.4 Å². The van der Waals surface area contributed by atoms with Gasteiger partial charge in [-0.25, -0.2) is 14.6 Å². The molecule has 4 bridgehead atoms. The van der Waals surface area contributed by atoms with Crippen molar-refractivity contribution in [1.82, 2.24) is 20.0 Å². The maximum atomic E-state index is 13.1. The van der Waals surface area contributed by atoms with E-state index in [-0.39, 0.29) is 19.1 Å². The molecule has 0 spiro atoms. The van der Waals surface area contributed by atoms with E-state index in [1.54, 1.807) is 11.9 Å². The zero-order valence-electron chi connectivity index (χ0n) is 16.8. The number of nitrogens with one attached hydrogen (secondary N) is 1. The highest BCUT2D eigenvalue weighted by molar-refractivity contribution is 6.44. The van der Waals surface area contributed by atoms with Crippen LogP contribution in [0.15, 0.2) is 0 Å². The first kappa shape index (κ1) is 19.4. The van der Waals surface area contributed by atoms with Gasteiger partial charge in [-0.3, -0.25) is 19.3 Å². The number of amides is 5. The standard InChI is InChI=1S/C20H30N4O4/c1-3-4-21-16(25)11-22(2)12-23-17(26)18(27)24(19(23)28)20-8-13-5-14(9-20)7-15(6-13)10-20/h13-15H,3-12H2,1-2H3,(H,21,25). The average Bonchev–Trinajstić information content (AvgIpc) is 2.82. The first-order valence-corrected chi connectivity index (χ1v) is 10.5. The molecule has 1 aliphatic heterocycles. The van der Waals surface area contributed by atoms with E-state index in [2.05, 4.69) is 5.32 Å². The lowest BCUT2D eigenvalue weighted by molar-refractivity contribution is -0.150. The molecular weight excluding hydrogens is 360 g/mol. The summed E-state index contributed by atoms with van der Waals surface area (Å²) in [5, 5.41) is 2.77. The molecule has 1 saturated heterocycles. The van der Waals surface area contributed by atoms with E-state index in [4.69, 9.17) is 0 Å². The van der Waals surface area contributed by atoms with E-state index in [1.807, 2.05) is 6.92 Å². The smallest absolute Gasteiger partial charge is 0.335 e. The topological polar surface area (TPSA) is 90.0 Å². The largest absolute Gasteiger partial charge is 0.355 e. The maximum Gasteiger partial charge on any atom is 0.335 e. The molecule has 8 nitrogen and oxygen atoms in total. The van der Waals surface area contributed by atoms with E-state index in [0.717, 1.165) is 30.6 Å². The number of rotatable bonds is 7. The predicted octanol–water partition coefficient (Wildman–Crippen LogP) is 1.16. The van der Waals surface area contributed by atoms with Crippen LogP contribution >= 0.6 is 0 Å². The summed E-state index contributed by atoms with van der Waals surface area (Å²) < 4.78 is 0. The van der Waals surface area contributed by atoms with E-state index in [9.17, 15) is 19.2 Å². The summed E-state index contributed by atoms with van der Waals surface area (Å²) in [6.07, 6.45) is 6.95. The molecule has 4 saturated carbocycles. The minimum absolute atomic E-state index is 0.0498. The van der Waals surface area contributed by atoms with Crippen molar-refractivity contribution in [2.24, 2.45) is 17.8 Å². The summed E-state index contributed by atoms with van der Waals surface area (Å²) >= 11 is 0. The van der Waals surface area contributed by atoms with Gasteiger partial charge >= 0.3 is 17.8 Å². The zero-order chi connectivity index (χ0) is 20.1. The van der Waals surface area contributed by atoms with Crippen molar-refractivity contribution in [2.75, 3.05) is 26.8 Å². The lowest BCUT2D eigenvalue weighted by Crippen LogP contribution is -2.62. The van der Waals surface area contributed by atoms with Crippen LogP contribution in [0.5, 0.6) is 0 Å². The highest BCUT2D eigenvalue weighted by Crippen LogP contribution is 2.58. The Bertz CT molecular complexity index is 671. The molecule has 5 aliphatic rings. The molecule has 0 atom stereocenters. The monoisotopic (exact) mass is 390 g/mol. The Kier molecular flexibility index (Phi) is 4.93. The number of hydrogen-bond acceptors (Lipinski definition) is 5. The van der Waals surface area contributed by atoms with Gasteiger partial charge in [-0.15, -0.1) is 0 Å². The van der Waals surface area contributed by atoms with Crippen LogP contribution in [0.1, 0.15) is 51.9 Å². The van der Waals surface area contributed by atoms with Crippen LogP contribution < -0.4 is 5.32 Å². The molecule has 154 valence electrons. The molecule has 0 aromatic heterocycles. The summed E-state index contributed by atoms with van der Waals surface area (Å²) in [4.78, 5) is 54.3. The summed E-state index contributed by atoms with van der Waals surface area (Å²) in [6, 6.07) is -0.502. The Morgan fingerprint density at radius 3 is 2.18 bits per heavy atom. The Balaban J connectivity index is 1.46. The Morgan fingerprint density at radius 2 is 1.64 bits per heavy atom. The number of nitrogens with zero attached hydrogens (tertiary/aromatic N) is 3. The summed E-state index contributed by atoms with van der Waals surface area (Å²) in [6.45, 7) is 2.58. The minimum atomic E-state index is -0.762. The molecule has 1 N–H and O–H groups in total. The van der Waals surface area contributed by atoms with Crippen molar-refractivity contribution < 1.29 is 19.2 Å². The number of likely N-dealkylation sites (N-methyl/N-ethyl adjacent to an activating group) is 1. The Morgan fingerprint density at radius 1 is 1.07 bits per heavy atom. The number of carbonyl (C=O) groups is 4.